The highest BCUT2D eigenvalue weighted by Crippen LogP contribution is 2.26. The smallest absolute Gasteiger partial charge is 0.236 e. The minimum absolute atomic E-state index is 0.0423. The van der Waals surface area contributed by atoms with Crippen molar-refractivity contribution in [2.75, 3.05) is 35.7 Å². The van der Waals surface area contributed by atoms with E-state index in [0.29, 0.717) is 23.4 Å². The van der Waals surface area contributed by atoms with Crippen molar-refractivity contribution in [3.63, 3.8) is 0 Å². The number of amides is 1. The lowest BCUT2D eigenvalue weighted by Gasteiger charge is -2.34. The van der Waals surface area contributed by atoms with Crippen LogP contribution in [0.4, 0.5) is 5.13 Å². The van der Waals surface area contributed by atoms with E-state index in [1.165, 1.54) is 29.5 Å². The topological polar surface area (TPSA) is 79.4 Å². The van der Waals surface area contributed by atoms with Crippen LogP contribution < -0.4 is 5.32 Å². The van der Waals surface area contributed by atoms with E-state index in [2.05, 4.69) is 29.0 Å². The lowest BCUT2D eigenvalue weighted by Crippen LogP contribution is -2.38. The van der Waals surface area contributed by atoms with Gasteiger partial charge in [-0.25, -0.2) is 13.4 Å². The number of carbonyl (C=O) groups is 1. The number of thioether (sulfide) groups is 1. The summed E-state index contributed by atoms with van der Waals surface area (Å²) in [5.74, 6) is 2.03. The Morgan fingerprint density at radius 2 is 2.12 bits per heavy atom. The largest absolute Gasteiger partial charge is 0.301 e. The number of likely N-dealkylation sites (tertiary alicyclic amines) is 1. The molecule has 3 heterocycles. The molecule has 0 saturated carbocycles. The van der Waals surface area contributed by atoms with E-state index < -0.39 is 9.84 Å². The summed E-state index contributed by atoms with van der Waals surface area (Å²) in [6.07, 6.45) is 1.93. The fourth-order valence-corrected chi connectivity index (χ4v) is 7.99. The summed E-state index contributed by atoms with van der Waals surface area (Å²) in [5.41, 5.74) is 1.00. The number of hydrogen-bond acceptors (Lipinski definition) is 7. The van der Waals surface area contributed by atoms with Gasteiger partial charge in [0.05, 0.1) is 23.0 Å². The third-order valence-electron chi connectivity index (χ3n) is 4.77. The molecule has 3 atom stereocenters. The van der Waals surface area contributed by atoms with Crippen molar-refractivity contribution in [1.82, 2.24) is 9.88 Å². The lowest BCUT2D eigenvalue weighted by atomic mass is 9.92. The van der Waals surface area contributed by atoms with E-state index in [9.17, 15) is 13.2 Å². The maximum atomic E-state index is 12.1. The van der Waals surface area contributed by atoms with E-state index in [1.54, 1.807) is 0 Å². The Hall–Kier alpha value is -0.640. The molecule has 2 saturated heterocycles. The second kappa shape index (κ2) is 8.58. The molecule has 26 heavy (non-hydrogen) atoms. The first kappa shape index (κ1) is 20.1. The monoisotopic (exact) mass is 417 g/mol. The average molecular weight is 418 g/mol. The van der Waals surface area contributed by atoms with Gasteiger partial charge in [-0.05, 0) is 24.7 Å². The number of aromatic nitrogens is 1. The van der Waals surface area contributed by atoms with Crippen LogP contribution in [0.2, 0.25) is 0 Å². The average Bonchev–Trinajstić information content (AvgIpc) is 3.10. The molecule has 0 bridgehead atoms. The van der Waals surface area contributed by atoms with E-state index in [1.807, 2.05) is 5.38 Å². The highest BCUT2D eigenvalue weighted by molar-refractivity contribution is 8.02. The molecule has 2 aliphatic heterocycles. The number of nitrogens with one attached hydrogen (secondary N) is 1. The fourth-order valence-electron chi connectivity index (χ4n) is 3.83. The lowest BCUT2D eigenvalue weighted by molar-refractivity contribution is -0.113. The summed E-state index contributed by atoms with van der Waals surface area (Å²) in [6, 6.07) is 0. The summed E-state index contributed by atoms with van der Waals surface area (Å²) in [4.78, 5) is 19.1. The molecule has 2 aliphatic rings. The predicted molar refractivity (Wildman–Crippen MR) is 108 cm³/mol. The van der Waals surface area contributed by atoms with Gasteiger partial charge in [0.15, 0.2) is 15.0 Å². The molecule has 1 aromatic heterocycles. The molecule has 6 nitrogen and oxygen atoms in total. The standard InChI is InChI=1S/C17H27N3O3S3/c1-12-5-13(2)7-20(6-12)8-14-9-25-17(18-14)19-16(21)10-24-15-3-4-26(22,23)11-15/h9,12-13,15H,3-8,10-11H2,1-2H3,(H,18,19,21)/t12-,13+,15-/m0/s1. The third-order valence-corrected chi connectivity index (χ3v) is 8.86. The maximum absolute atomic E-state index is 12.1. The van der Waals surface area contributed by atoms with Crippen molar-refractivity contribution >= 4 is 44.0 Å². The molecule has 0 spiro atoms. The molecule has 9 heteroatoms. The summed E-state index contributed by atoms with van der Waals surface area (Å²) in [6.45, 7) is 7.62. The Balaban J connectivity index is 1.43. The number of piperidine rings is 1. The normalized spacial score (nSPS) is 28.9. The van der Waals surface area contributed by atoms with E-state index in [4.69, 9.17) is 0 Å². The molecule has 0 aromatic carbocycles. The number of rotatable bonds is 6. The van der Waals surface area contributed by atoms with Gasteiger partial charge in [-0.2, -0.15) is 0 Å². The van der Waals surface area contributed by atoms with Crippen LogP contribution >= 0.6 is 23.1 Å². The highest BCUT2D eigenvalue weighted by Gasteiger charge is 2.28. The Kier molecular flexibility index (Phi) is 6.63. The second-order valence-corrected chi connectivity index (χ2v) is 12.0. The van der Waals surface area contributed by atoms with Crippen molar-refractivity contribution in [3.8, 4) is 0 Å². The highest BCUT2D eigenvalue weighted by atomic mass is 32.2. The van der Waals surface area contributed by atoms with E-state index in [0.717, 1.165) is 25.3 Å². The number of sulfone groups is 1. The first-order valence-corrected chi connectivity index (χ1v) is 12.8. The van der Waals surface area contributed by atoms with Crippen molar-refractivity contribution in [2.45, 2.75) is 38.5 Å². The molecule has 1 N–H and O–H groups in total. The maximum Gasteiger partial charge on any atom is 0.236 e. The molecule has 0 aliphatic carbocycles. The Labute approximate surface area is 164 Å². The van der Waals surface area contributed by atoms with E-state index >= 15 is 0 Å². The zero-order chi connectivity index (χ0) is 18.7. The number of thiazole rings is 1. The van der Waals surface area contributed by atoms with Crippen molar-refractivity contribution in [3.05, 3.63) is 11.1 Å². The number of nitrogens with zero attached hydrogens (tertiary/aromatic N) is 2. The van der Waals surface area contributed by atoms with Crippen LogP contribution in [0.25, 0.3) is 0 Å². The van der Waals surface area contributed by atoms with Gasteiger partial charge in [0.1, 0.15) is 0 Å². The van der Waals surface area contributed by atoms with Gasteiger partial charge >= 0.3 is 0 Å². The molecule has 0 radical (unpaired) electrons. The first-order valence-electron chi connectivity index (χ1n) is 9.07. The molecule has 1 amide bonds. The molecule has 0 unspecified atom stereocenters. The number of carbonyl (C=O) groups excluding carboxylic acids is 1. The molecule has 3 rings (SSSR count). The minimum atomic E-state index is -2.89. The van der Waals surface area contributed by atoms with Gasteiger partial charge in [-0.1, -0.05) is 13.8 Å². The van der Waals surface area contributed by atoms with Gasteiger partial charge in [0.2, 0.25) is 5.91 Å². The zero-order valence-electron chi connectivity index (χ0n) is 15.3. The van der Waals surface area contributed by atoms with Gasteiger partial charge < -0.3 is 5.32 Å². The molecular formula is C17H27N3O3S3. The van der Waals surface area contributed by atoms with Gasteiger partial charge in [0, 0.05) is 30.3 Å². The molecule has 146 valence electrons. The summed E-state index contributed by atoms with van der Waals surface area (Å²) < 4.78 is 22.9. The SMILES string of the molecule is C[C@@H]1C[C@H](C)CN(Cc2csc(NC(=O)CS[C@H]3CCS(=O)(=O)C3)n2)C1. The van der Waals surface area contributed by atoms with Gasteiger partial charge in [-0.3, -0.25) is 9.69 Å². The Morgan fingerprint density at radius 3 is 2.77 bits per heavy atom. The van der Waals surface area contributed by atoms with Gasteiger partial charge in [0.25, 0.3) is 0 Å². The van der Waals surface area contributed by atoms with Gasteiger partial charge in [-0.15, -0.1) is 23.1 Å². The van der Waals surface area contributed by atoms with Crippen LogP contribution in [0.3, 0.4) is 0 Å². The fraction of sp³-hybridized carbons (Fsp3) is 0.765. The van der Waals surface area contributed by atoms with E-state index in [-0.39, 0.29) is 28.4 Å². The van der Waals surface area contributed by atoms with Crippen molar-refractivity contribution < 1.29 is 13.2 Å². The summed E-state index contributed by atoms with van der Waals surface area (Å²) >= 11 is 2.88. The number of anilines is 1. The molecule has 2 fully saturated rings. The summed E-state index contributed by atoms with van der Waals surface area (Å²) in [5, 5.41) is 5.52. The summed E-state index contributed by atoms with van der Waals surface area (Å²) in [7, 11) is -2.89. The third kappa shape index (κ3) is 5.94. The quantitative estimate of drug-likeness (QED) is 0.766. The Bertz CT molecular complexity index is 725. The minimum Gasteiger partial charge on any atom is -0.301 e. The van der Waals surface area contributed by atoms with Crippen LogP contribution in [0, 0.1) is 11.8 Å². The van der Waals surface area contributed by atoms with Crippen LogP contribution in [0.1, 0.15) is 32.4 Å². The van der Waals surface area contributed by atoms with Crippen molar-refractivity contribution in [2.24, 2.45) is 11.8 Å². The molecule has 1 aromatic rings. The molecular weight excluding hydrogens is 390 g/mol. The van der Waals surface area contributed by atoms with Crippen LogP contribution in [0.5, 0.6) is 0 Å². The van der Waals surface area contributed by atoms with Crippen LogP contribution in [-0.4, -0.2) is 59.8 Å². The zero-order valence-corrected chi connectivity index (χ0v) is 17.8. The van der Waals surface area contributed by atoms with Crippen molar-refractivity contribution in [1.29, 1.82) is 0 Å². The van der Waals surface area contributed by atoms with Crippen LogP contribution in [-0.2, 0) is 21.2 Å². The number of hydrogen-bond donors (Lipinski definition) is 1. The van der Waals surface area contributed by atoms with Crippen LogP contribution in [0.15, 0.2) is 5.38 Å². The predicted octanol–water partition coefficient (Wildman–Crippen LogP) is 2.48. The first-order chi connectivity index (χ1) is 12.3. The Morgan fingerprint density at radius 1 is 1.38 bits per heavy atom. The second-order valence-electron chi connectivity index (χ2n) is 7.67.